The van der Waals surface area contributed by atoms with Crippen LogP contribution >= 0.6 is 11.5 Å². The lowest BCUT2D eigenvalue weighted by atomic mass is 9.78. The van der Waals surface area contributed by atoms with Crippen LogP contribution in [0.25, 0.3) is 0 Å². The van der Waals surface area contributed by atoms with E-state index in [9.17, 15) is 0 Å². The van der Waals surface area contributed by atoms with Crippen molar-refractivity contribution in [3.63, 3.8) is 0 Å². The Balaban J connectivity index is 1.89. The third-order valence-electron chi connectivity index (χ3n) is 4.37. The van der Waals surface area contributed by atoms with E-state index in [1.54, 1.807) is 7.11 Å². The number of piperidine rings is 1. The van der Waals surface area contributed by atoms with Gasteiger partial charge < -0.3 is 15.4 Å². The summed E-state index contributed by atoms with van der Waals surface area (Å²) in [5, 5.41) is 1.15. The van der Waals surface area contributed by atoms with E-state index in [4.69, 9.17) is 10.5 Å². The zero-order valence-corrected chi connectivity index (χ0v) is 11.7. The van der Waals surface area contributed by atoms with Crippen molar-refractivity contribution < 1.29 is 4.74 Å². The second kappa shape index (κ2) is 4.96. The molecule has 2 heterocycles. The lowest BCUT2D eigenvalue weighted by Crippen LogP contribution is -2.46. The van der Waals surface area contributed by atoms with Crippen molar-refractivity contribution in [1.82, 2.24) is 4.37 Å². The average Bonchev–Trinajstić information content (AvgIpc) is 2.79. The van der Waals surface area contributed by atoms with Gasteiger partial charge in [-0.05, 0) is 43.1 Å². The third kappa shape index (κ3) is 1.94. The van der Waals surface area contributed by atoms with Crippen LogP contribution in [0.1, 0.15) is 38.5 Å². The van der Waals surface area contributed by atoms with Gasteiger partial charge in [0, 0.05) is 12.6 Å². The number of ether oxygens (including phenoxy) is 1. The Hall–Kier alpha value is -0.970. The molecule has 2 aliphatic rings. The summed E-state index contributed by atoms with van der Waals surface area (Å²) in [5.74, 6) is 2.18. The largest absolute Gasteiger partial charge is 0.490 e. The number of nitrogens with two attached hydrogens (primary N) is 1. The van der Waals surface area contributed by atoms with Gasteiger partial charge in [0.2, 0.25) is 0 Å². The van der Waals surface area contributed by atoms with Crippen molar-refractivity contribution in [2.24, 2.45) is 5.92 Å². The number of methoxy groups -OCH3 is 1. The van der Waals surface area contributed by atoms with Crippen molar-refractivity contribution in [3.05, 3.63) is 0 Å². The molecule has 0 radical (unpaired) electrons. The Bertz CT molecular complexity index is 418. The highest BCUT2D eigenvalue weighted by Gasteiger charge is 2.35. The number of rotatable bonds is 2. The molecule has 2 unspecified atom stereocenters. The van der Waals surface area contributed by atoms with Gasteiger partial charge in [-0.3, -0.25) is 0 Å². The van der Waals surface area contributed by atoms with E-state index in [0.29, 0.717) is 11.9 Å². The Labute approximate surface area is 112 Å². The fourth-order valence-corrected chi connectivity index (χ4v) is 4.41. The van der Waals surface area contributed by atoms with Gasteiger partial charge >= 0.3 is 0 Å². The quantitative estimate of drug-likeness (QED) is 0.895. The Morgan fingerprint density at radius 2 is 2.06 bits per heavy atom. The molecule has 5 heteroatoms. The van der Waals surface area contributed by atoms with Crippen LogP contribution < -0.4 is 15.4 Å². The van der Waals surface area contributed by atoms with Crippen molar-refractivity contribution >= 4 is 22.4 Å². The molecule has 1 aromatic heterocycles. The van der Waals surface area contributed by atoms with Crippen LogP contribution in [0.2, 0.25) is 0 Å². The monoisotopic (exact) mass is 267 g/mol. The first-order valence-corrected chi connectivity index (χ1v) is 7.64. The Morgan fingerprint density at radius 3 is 2.89 bits per heavy atom. The summed E-state index contributed by atoms with van der Waals surface area (Å²) >= 11 is 1.49. The number of fused-ring (bicyclic) bond motifs is 1. The van der Waals surface area contributed by atoms with E-state index >= 15 is 0 Å². The molecule has 1 aromatic rings. The maximum atomic E-state index is 5.87. The van der Waals surface area contributed by atoms with Gasteiger partial charge in [-0.1, -0.05) is 12.8 Å². The molecule has 18 heavy (non-hydrogen) atoms. The molecule has 3 rings (SSSR count). The van der Waals surface area contributed by atoms with Crippen molar-refractivity contribution in [1.29, 1.82) is 0 Å². The van der Waals surface area contributed by atoms with Crippen LogP contribution in [0.3, 0.4) is 0 Å². The highest BCUT2D eigenvalue weighted by molar-refractivity contribution is 7.11. The third-order valence-corrected chi connectivity index (χ3v) is 5.25. The van der Waals surface area contributed by atoms with Crippen LogP contribution in [0.5, 0.6) is 5.75 Å². The minimum atomic E-state index is 0.537. The lowest BCUT2D eigenvalue weighted by molar-refractivity contribution is 0.243. The van der Waals surface area contributed by atoms with Crippen molar-refractivity contribution in [2.45, 2.75) is 44.6 Å². The highest BCUT2D eigenvalue weighted by Crippen LogP contribution is 2.44. The average molecular weight is 267 g/mol. The summed E-state index contributed by atoms with van der Waals surface area (Å²) in [6.07, 6.45) is 8.12. The van der Waals surface area contributed by atoms with Gasteiger partial charge in [0.1, 0.15) is 0 Å². The van der Waals surface area contributed by atoms with E-state index in [2.05, 4.69) is 9.27 Å². The van der Waals surface area contributed by atoms with Crippen LogP contribution in [-0.2, 0) is 0 Å². The summed E-state index contributed by atoms with van der Waals surface area (Å²) in [6, 6.07) is 0.682. The lowest BCUT2D eigenvalue weighted by Gasteiger charge is -2.44. The molecule has 0 spiro atoms. The fraction of sp³-hybridized carbons (Fsp3) is 0.769. The summed E-state index contributed by atoms with van der Waals surface area (Å²) < 4.78 is 9.68. The molecule has 100 valence electrons. The van der Waals surface area contributed by atoms with E-state index in [1.165, 1.54) is 50.1 Å². The van der Waals surface area contributed by atoms with E-state index < -0.39 is 0 Å². The number of anilines is 2. The second-order valence-corrected chi connectivity index (χ2v) is 6.11. The Morgan fingerprint density at radius 1 is 1.28 bits per heavy atom. The van der Waals surface area contributed by atoms with Crippen LogP contribution in [-0.4, -0.2) is 24.1 Å². The van der Waals surface area contributed by atoms with E-state index in [-0.39, 0.29) is 0 Å². The molecule has 0 amide bonds. The molecule has 4 nitrogen and oxygen atoms in total. The van der Waals surface area contributed by atoms with Gasteiger partial charge in [0.25, 0.3) is 0 Å². The van der Waals surface area contributed by atoms with Crippen LogP contribution in [0.15, 0.2) is 0 Å². The van der Waals surface area contributed by atoms with Gasteiger partial charge in [-0.15, -0.1) is 0 Å². The summed E-state index contributed by atoms with van der Waals surface area (Å²) in [5.41, 5.74) is 5.87. The molecular formula is C13H21N3OS. The summed E-state index contributed by atoms with van der Waals surface area (Å²) in [7, 11) is 1.69. The highest BCUT2D eigenvalue weighted by atomic mass is 32.1. The molecule has 2 atom stereocenters. The SMILES string of the molecule is COc1c(N)nsc1N1CCCC2CCCCC21. The van der Waals surface area contributed by atoms with Crippen molar-refractivity contribution in [2.75, 3.05) is 24.3 Å². The fourth-order valence-electron chi connectivity index (χ4n) is 3.54. The van der Waals surface area contributed by atoms with Crippen molar-refractivity contribution in [3.8, 4) is 5.75 Å². The van der Waals surface area contributed by atoms with E-state index in [1.807, 2.05) is 0 Å². The minimum Gasteiger partial charge on any atom is -0.490 e. The number of hydrogen-bond acceptors (Lipinski definition) is 5. The van der Waals surface area contributed by atoms with E-state index in [0.717, 1.165) is 23.2 Å². The predicted molar refractivity (Wildman–Crippen MR) is 75.4 cm³/mol. The van der Waals surface area contributed by atoms with Crippen LogP contribution in [0.4, 0.5) is 10.8 Å². The zero-order valence-electron chi connectivity index (χ0n) is 10.9. The molecule has 1 saturated carbocycles. The summed E-state index contributed by atoms with van der Waals surface area (Å²) in [4.78, 5) is 2.51. The molecule has 1 aliphatic carbocycles. The second-order valence-electron chi connectivity index (χ2n) is 5.35. The smallest absolute Gasteiger partial charge is 0.197 e. The predicted octanol–water partition coefficient (Wildman–Crippen LogP) is 2.89. The molecular weight excluding hydrogens is 246 g/mol. The van der Waals surface area contributed by atoms with Gasteiger partial charge in [-0.2, -0.15) is 4.37 Å². The first-order valence-electron chi connectivity index (χ1n) is 6.87. The molecule has 1 aliphatic heterocycles. The maximum Gasteiger partial charge on any atom is 0.197 e. The maximum absolute atomic E-state index is 5.87. The number of hydrogen-bond donors (Lipinski definition) is 1. The molecule has 0 aromatic carbocycles. The topological polar surface area (TPSA) is 51.4 Å². The zero-order chi connectivity index (χ0) is 12.5. The molecule has 2 fully saturated rings. The number of nitrogen functional groups attached to an aromatic ring is 1. The standard InChI is InChI=1S/C13H21N3OS/c1-17-11-12(14)15-18-13(11)16-8-4-6-9-5-2-3-7-10(9)16/h9-10H,2-8H2,1H3,(H2,14,15). The summed E-state index contributed by atoms with van der Waals surface area (Å²) in [6.45, 7) is 1.12. The van der Waals surface area contributed by atoms with Crippen LogP contribution in [0, 0.1) is 5.92 Å². The normalized spacial score (nSPS) is 27.9. The van der Waals surface area contributed by atoms with Gasteiger partial charge in [-0.25, -0.2) is 0 Å². The Kier molecular flexibility index (Phi) is 3.33. The van der Waals surface area contributed by atoms with Gasteiger partial charge in [0.15, 0.2) is 16.6 Å². The molecule has 1 saturated heterocycles. The van der Waals surface area contributed by atoms with Gasteiger partial charge in [0.05, 0.1) is 7.11 Å². The minimum absolute atomic E-state index is 0.537. The molecule has 0 bridgehead atoms. The first kappa shape index (κ1) is 12.1. The molecule has 2 N–H and O–H groups in total. The number of aromatic nitrogens is 1. The number of nitrogens with zero attached hydrogens (tertiary/aromatic N) is 2. The first-order chi connectivity index (χ1) is 8.81.